The highest BCUT2D eigenvalue weighted by Gasteiger charge is 2.56. The lowest BCUT2D eigenvalue weighted by Gasteiger charge is -2.46. The van der Waals surface area contributed by atoms with Crippen molar-refractivity contribution in [2.75, 3.05) is 25.0 Å². The van der Waals surface area contributed by atoms with E-state index in [2.05, 4.69) is 29.0 Å². The lowest BCUT2D eigenvalue weighted by atomic mass is 10.0. The van der Waals surface area contributed by atoms with Crippen molar-refractivity contribution in [1.82, 2.24) is 20.0 Å². The number of carbonyl (C=O) groups is 2. The summed E-state index contributed by atoms with van der Waals surface area (Å²) in [5.74, 6) is 0.207. The first-order chi connectivity index (χ1) is 15.8. The SMILES string of the molecule is Cc1ccccc1CN1C(=O)C2C(NC3N(c4cc(Cl)ccc4C)CC(C)CN23)N(C)C1=O. The minimum Gasteiger partial charge on any atom is -0.343 e. The lowest BCUT2D eigenvalue weighted by Crippen LogP contribution is -2.66. The Morgan fingerprint density at radius 3 is 2.58 bits per heavy atom. The lowest BCUT2D eigenvalue weighted by molar-refractivity contribution is -0.139. The number of hydrogen-bond acceptors (Lipinski definition) is 5. The van der Waals surface area contributed by atoms with Crippen LogP contribution in [0.4, 0.5) is 10.5 Å². The molecule has 0 saturated carbocycles. The van der Waals surface area contributed by atoms with Crippen LogP contribution in [0, 0.1) is 19.8 Å². The topological polar surface area (TPSA) is 59.1 Å². The highest BCUT2D eigenvalue weighted by molar-refractivity contribution is 6.30. The van der Waals surface area contributed by atoms with Crippen LogP contribution in [0.2, 0.25) is 5.02 Å². The Bertz CT molecular complexity index is 1110. The van der Waals surface area contributed by atoms with Crippen molar-refractivity contribution in [3.8, 4) is 0 Å². The number of nitrogens with zero attached hydrogens (tertiary/aromatic N) is 4. The van der Waals surface area contributed by atoms with Crippen LogP contribution < -0.4 is 10.2 Å². The van der Waals surface area contributed by atoms with E-state index in [1.54, 1.807) is 11.9 Å². The second-order valence-electron chi connectivity index (χ2n) is 9.56. The van der Waals surface area contributed by atoms with E-state index in [4.69, 9.17) is 11.6 Å². The Labute approximate surface area is 199 Å². The number of anilines is 1. The molecule has 3 fully saturated rings. The number of imide groups is 1. The number of nitrogens with one attached hydrogen (secondary N) is 1. The largest absolute Gasteiger partial charge is 0.343 e. The smallest absolute Gasteiger partial charge is 0.328 e. The molecule has 33 heavy (non-hydrogen) atoms. The van der Waals surface area contributed by atoms with Crippen LogP contribution in [-0.2, 0) is 11.3 Å². The van der Waals surface area contributed by atoms with Gasteiger partial charge in [0.15, 0.2) is 0 Å². The summed E-state index contributed by atoms with van der Waals surface area (Å²) in [6.07, 6.45) is -0.568. The molecule has 1 N–H and O–H groups in total. The van der Waals surface area contributed by atoms with Crippen molar-refractivity contribution in [1.29, 1.82) is 0 Å². The maximum absolute atomic E-state index is 13.8. The molecule has 2 aromatic rings. The van der Waals surface area contributed by atoms with E-state index in [1.807, 2.05) is 49.4 Å². The van der Waals surface area contributed by atoms with E-state index < -0.39 is 6.04 Å². The van der Waals surface area contributed by atoms with Crippen LogP contribution in [0.25, 0.3) is 0 Å². The van der Waals surface area contributed by atoms with E-state index in [0.717, 1.165) is 35.5 Å². The summed E-state index contributed by atoms with van der Waals surface area (Å²) in [6.45, 7) is 8.18. The van der Waals surface area contributed by atoms with Crippen LogP contribution >= 0.6 is 11.6 Å². The predicted molar refractivity (Wildman–Crippen MR) is 129 cm³/mol. The Morgan fingerprint density at radius 1 is 1.06 bits per heavy atom. The first-order valence-corrected chi connectivity index (χ1v) is 11.8. The summed E-state index contributed by atoms with van der Waals surface area (Å²) in [6, 6.07) is 13.1. The maximum Gasteiger partial charge on any atom is 0.328 e. The van der Waals surface area contributed by atoms with Crippen LogP contribution in [0.1, 0.15) is 23.6 Å². The summed E-state index contributed by atoms with van der Waals surface area (Å²) < 4.78 is 0. The second-order valence-corrected chi connectivity index (χ2v) is 10.00. The maximum atomic E-state index is 13.8. The monoisotopic (exact) mass is 467 g/mol. The van der Waals surface area contributed by atoms with Crippen molar-refractivity contribution in [2.45, 2.75) is 45.8 Å². The first kappa shape index (κ1) is 22.2. The molecule has 174 valence electrons. The Morgan fingerprint density at radius 2 is 1.82 bits per heavy atom. The van der Waals surface area contributed by atoms with Crippen LogP contribution in [-0.4, -0.2) is 65.3 Å². The highest BCUT2D eigenvalue weighted by Crippen LogP contribution is 2.36. The average molecular weight is 468 g/mol. The standard InChI is InChI=1S/C25H30ClN5O2/c1-15-12-29(20-11-19(26)10-9-17(20)3)24-27-22-21(30(24)13-15)23(32)31(25(33)28(22)4)14-18-8-6-5-7-16(18)2/h5-11,15,21-22,24,27H,12-14H2,1-4H3. The fourth-order valence-corrected chi connectivity index (χ4v) is 5.56. The number of aryl methyl sites for hydroxylation is 2. The van der Waals surface area contributed by atoms with E-state index in [0.29, 0.717) is 10.9 Å². The number of benzene rings is 2. The van der Waals surface area contributed by atoms with Crippen LogP contribution in [0.15, 0.2) is 42.5 Å². The van der Waals surface area contributed by atoms with Gasteiger partial charge in [-0.1, -0.05) is 48.9 Å². The van der Waals surface area contributed by atoms with Gasteiger partial charge in [0.25, 0.3) is 5.91 Å². The van der Waals surface area contributed by atoms with Gasteiger partial charge >= 0.3 is 6.03 Å². The van der Waals surface area contributed by atoms with Crippen molar-refractivity contribution in [3.05, 3.63) is 64.2 Å². The number of hydrogen-bond donors (Lipinski definition) is 1. The molecule has 3 amide bonds. The number of fused-ring (bicyclic) bond motifs is 3. The van der Waals surface area contributed by atoms with Gasteiger partial charge in [-0.05, 0) is 48.6 Å². The summed E-state index contributed by atoms with van der Waals surface area (Å²) in [5.41, 5.74) is 4.23. The van der Waals surface area contributed by atoms with Gasteiger partial charge in [-0.15, -0.1) is 0 Å². The normalized spacial score (nSPS) is 27.7. The first-order valence-electron chi connectivity index (χ1n) is 11.4. The zero-order valence-corrected chi connectivity index (χ0v) is 20.2. The van der Waals surface area contributed by atoms with Gasteiger partial charge in [0, 0.05) is 30.8 Å². The molecule has 8 heteroatoms. The van der Waals surface area contributed by atoms with E-state index in [1.165, 1.54) is 4.90 Å². The van der Waals surface area contributed by atoms with Crippen molar-refractivity contribution in [2.24, 2.45) is 5.92 Å². The molecule has 0 spiro atoms. The molecule has 0 radical (unpaired) electrons. The third-order valence-corrected chi connectivity index (χ3v) is 7.39. The van der Waals surface area contributed by atoms with E-state index in [-0.39, 0.29) is 30.9 Å². The molecular weight excluding hydrogens is 438 g/mol. The average Bonchev–Trinajstić information content (AvgIpc) is 3.17. The number of urea groups is 1. The molecule has 3 saturated heterocycles. The predicted octanol–water partition coefficient (Wildman–Crippen LogP) is 3.39. The molecule has 4 unspecified atom stereocenters. The number of carbonyl (C=O) groups excluding carboxylic acids is 2. The van der Waals surface area contributed by atoms with Crippen LogP contribution in [0.5, 0.6) is 0 Å². The van der Waals surface area contributed by atoms with Crippen molar-refractivity contribution < 1.29 is 9.59 Å². The van der Waals surface area contributed by atoms with Crippen LogP contribution in [0.3, 0.4) is 0 Å². The third-order valence-electron chi connectivity index (χ3n) is 7.16. The number of halogens is 1. The highest BCUT2D eigenvalue weighted by atomic mass is 35.5. The zero-order valence-electron chi connectivity index (χ0n) is 19.5. The number of likely N-dealkylation sites (N-methyl/N-ethyl adjacent to an activating group) is 1. The van der Waals surface area contributed by atoms with E-state index >= 15 is 0 Å². The molecule has 0 aliphatic carbocycles. The molecule has 3 aliphatic rings. The Hall–Kier alpha value is -2.61. The van der Waals surface area contributed by atoms with Crippen molar-refractivity contribution in [3.63, 3.8) is 0 Å². The quantitative estimate of drug-likeness (QED) is 0.749. The van der Waals surface area contributed by atoms with Gasteiger partial charge < -0.3 is 9.80 Å². The molecule has 0 aromatic heterocycles. The molecule has 4 atom stereocenters. The fourth-order valence-electron chi connectivity index (χ4n) is 5.40. The molecule has 3 heterocycles. The van der Waals surface area contributed by atoms with Gasteiger partial charge in [-0.25, -0.2) is 4.79 Å². The fraction of sp³-hybridized carbons (Fsp3) is 0.440. The molecule has 2 aromatic carbocycles. The summed E-state index contributed by atoms with van der Waals surface area (Å²) in [4.78, 5) is 34.6. The molecular formula is C25H30ClN5O2. The van der Waals surface area contributed by atoms with Gasteiger partial charge in [0.2, 0.25) is 0 Å². The van der Waals surface area contributed by atoms with Gasteiger partial charge in [-0.2, -0.15) is 0 Å². The summed E-state index contributed by atoms with van der Waals surface area (Å²) in [7, 11) is 1.78. The minimum atomic E-state index is -0.438. The van der Waals surface area contributed by atoms with E-state index in [9.17, 15) is 9.59 Å². The molecule has 5 rings (SSSR count). The third kappa shape index (κ3) is 3.68. The molecule has 0 bridgehead atoms. The zero-order chi connectivity index (χ0) is 23.4. The van der Waals surface area contributed by atoms with Gasteiger partial charge in [0.1, 0.15) is 18.5 Å². The molecule has 3 aliphatic heterocycles. The Kier molecular flexibility index (Phi) is 5.59. The minimum absolute atomic E-state index is 0.141. The second kappa shape index (κ2) is 8.31. The van der Waals surface area contributed by atoms with Gasteiger partial charge in [0.05, 0.1) is 6.54 Å². The molecule has 7 nitrogen and oxygen atoms in total. The van der Waals surface area contributed by atoms with Gasteiger partial charge in [-0.3, -0.25) is 19.9 Å². The summed E-state index contributed by atoms with van der Waals surface area (Å²) in [5, 5.41) is 4.27. The number of amides is 3. The summed E-state index contributed by atoms with van der Waals surface area (Å²) >= 11 is 6.34. The Balaban J connectivity index is 1.49. The number of rotatable bonds is 3. The van der Waals surface area contributed by atoms with Crippen molar-refractivity contribution >= 4 is 29.2 Å².